The fourth-order valence-corrected chi connectivity index (χ4v) is 4.48. The molecule has 3 rings (SSSR count). The quantitative estimate of drug-likeness (QED) is 0.236. The number of Topliss-reactive ketones (excluding diaryl/α,β-unsaturated/α-hetero) is 1. The van der Waals surface area contributed by atoms with E-state index >= 15 is 0 Å². The van der Waals surface area contributed by atoms with Crippen LogP contribution in [0.1, 0.15) is 83.5 Å². The van der Waals surface area contributed by atoms with E-state index in [2.05, 4.69) is 20.8 Å². The van der Waals surface area contributed by atoms with Crippen molar-refractivity contribution in [3.63, 3.8) is 0 Å². The van der Waals surface area contributed by atoms with Crippen LogP contribution in [0.3, 0.4) is 0 Å². The number of amides is 1. The molecule has 1 atom stereocenters. The van der Waals surface area contributed by atoms with E-state index in [0.29, 0.717) is 31.1 Å². The Morgan fingerprint density at radius 3 is 2.39 bits per heavy atom. The third-order valence-electron chi connectivity index (χ3n) is 6.30. The maximum absolute atomic E-state index is 13.3. The van der Waals surface area contributed by atoms with Gasteiger partial charge in [-0.25, -0.2) is 0 Å². The number of carbonyl (C=O) groups is 2. The molecule has 1 fully saturated rings. The van der Waals surface area contributed by atoms with Gasteiger partial charge in [-0.15, -0.1) is 0 Å². The average Bonchev–Trinajstić information content (AvgIpc) is 3.10. The van der Waals surface area contributed by atoms with Crippen LogP contribution >= 0.6 is 0 Å². The standard InChI is InChI=1S/C30H39NO5/c1-7-10-16-31-26(20-12-11-13-22(18-20)36-17-8-2)25(28(33)29(31)34)27(32)21-14-15-24(35-9-3)23(19-21)30(4,5)6/h11-15,18-19,26,32H,7-10,16-17H2,1-6H3/b27-25+. The van der Waals surface area contributed by atoms with Crippen LogP contribution in [0.5, 0.6) is 11.5 Å². The van der Waals surface area contributed by atoms with E-state index in [9.17, 15) is 14.7 Å². The van der Waals surface area contributed by atoms with E-state index in [1.54, 1.807) is 11.0 Å². The lowest BCUT2D eigenvalue weighted by molar-refractivity contribution is -0.139. The number of likely N-dealkylation sites (tertiary alicyclic amines) is 1. The Morgan fingerprint density at radius 1 is 1.00 bits per heavy atom. The number of hydrogen-bond acceptors (Lipinski definition) is 5. The van der Waals surface area contributed by atoms with E-state index in [1.165, 1.54) is 0 Å². The predicted molar refractivity (Wildman–Crippen MR) is 142 cm³/mol. The predicted octanol–water partition coefficient (Wildman–Crippen LogP) is 6.39. The number of hydrogen-bond donors (Lipinski definition) is 1. The van der Waals surface area contributed by atoms with Crippen molar-refractivity contribution in [1.82, 2.24) is 4.90 Å². The van der Waals surface area contributed by atoms with Crippen molar-refractivity contribution in [1.29, 1.82) is 0 Å². The largest absolute Gasteiger partial charge is 0.507 e. The molecule has 0 saturated carbocycles. The third-order valence-corrected chi connectivity index (χ3v) is 6.30. The summed E-state index contributed by atoms with van der Waals surface area (Å²) < 4.78 is 11.6. The summed E-state index contributed by atoms with van der Waals surface area (Å²) in [6, 6.07) is 12.2. The highest BCUT2D eigenvalue weighted by molar-refractivity contribution is 6.46. The zero-order valence-electron chi connectivity index (χ0n) is 22.4. The normalized spacial score (nSPS) is 17.5. The summed E-state index contributed by atoms with van der Waals surface area (Å²) in [6.07, 6.45) is 2.50. The van der Waals surface area contributed by atoms with Crippen LogP contribution in [0.15, 0.2) is 48.0 Å². The lowest BCUT2D eigenvalue weighted by Gasteiger charge is -2.26. The van der Waals surface area contributed by atoms with Crippen LogP contribution in [-0.2, 0) is 15.0 Å². The maximum atomic E-state index is 13.3. The van der Waals surface area contributed by atoms with Gasteiger partial charge in [0.05, 0.1) is 24.8 Å². The SMILES string of the molecule is CCCCN1C(=O)C(=O)/C(=C(/O)c2ccc(OCC)c(C(C)(C)C)c2)C1c1cccc(OCCC)c1. The summed E-state index contributed by atoms with van der Waals surface area (Å²) in [5.74, 6) is -0.0175. The molecule has 1 amide bonds. The number of ketones is 1. The van der Waals surface area contributed by atoms with E-state index < -0.39 is 17.7 Å². The van der Waals surface area contributed by atoms with Crippen molar-refractivity contribution in [3.05, 3.63) is 64.7 Å². The summed E-state index contributed by atoms with van der Waals surface area (Å²) >= 11 is 0. The number of nitrogens with zero attached hydrogens (tertiary/aromatic N) is 1. The Kier molecular flexibility index (Phi) is 8.83. The molecule has 2 aromatic carbocycles. The minimum Gasteiger partial charge on any atom is -0.507 e. The highest BCUT2D eigenvalue weighted by atomic mass is 16.5. The van der Waals surface area contributed by atoms with Crippen molar-refractivity contribution < 1.29 is 24.2 Å². The molecule has 0 radical (unpaired) electrons. The topological polar surface area (TPSA) is 76.1 Å². The molecule has 0 spiro atoms. The fourth-order valence-electron chi connectivity index (χ4n) is 4.48. The van der Waals surface area contributed by atoms with Crippen LogP contribution in [-0.4, -0.2) is 41.5 Å². The first-order valence-corrected chi connectivity index (χ1v) is 12.9. The first-order valence-electron chi connectivity index (χ1n) is 12.9. The molecule has 1 unspecified atom stereocenters. The van der Waals surface area contributed by atoms with Crippen LogP contribution < -0.4 is 9.47 Å². The molecule has 1 saturated heterocycles. The second-order valence-electron chi connectivity index (χ2n) is 10.2. The Labute approximate surface area is 214 Å². The van der Waals surface area contributed by atoms with Gasteiger partial charge in [-0.2, -0.15) is 0 Å². The number of unbranched alkanes of at least 4 members (excludes halogenated alkanes) is 1. The summed E-state index contributed by atoms with van der Waals surface area (Å²) in [5.41, 5.74) is 1.99. The van der Waals surface area contributed by atoms with Crippen molar-refractivity contribution in [2.24, 2.45) is 0 Å². The van der Waals surface area contributed by atoms with E-state index in [1.807, 2.05) is 57.2 Å². The maximum Gasteiger partial charge on any atom is 0.295 e. The van der Waals surface area contributed by atoms with Gasteiger partial charge in [0, 0.05) is 17.7 Å². The van der Waals surface area contributed by atoms with Crippen LogP contribution in [0.4, 0.5) is 0 Å². The zero-order valence-corrected chi connectivity index (χ0v) is 22.4. The number of ether oxygens (including phenoxy) is 2. The fraction of sp³-hybridized carbons (Fsp3) is 0.467. The van der Waals surface area contributed by atoms with Crippen LogP contribution in [0.2, 0.25) is 0 Å². The molecule has 1 aliphatic heterocycles. The zero-order chi connectivity index (χ0) is 26.5. The van der Waals surface area contributed by atoms with Gasteiger partial charge in [-0.3, -0.25) is 9.59 Å². The van der Waals surface area contributed by atoms with Gasteiger partial charge < -0.3 is 19.5 Å². The first-order chi connectivity index (χ1) is 17.1. The van der Waals surface area contributed by atoms with Crippen molar-refractivity contribution in [2.75, 3.05) is 19.8 Å². The molecule has 6 heteroatoms. The van der Waals surface area contributed by atoms with Crippen LogP contribution in [0, 0.1) is 0 Å². The Morgan fingerprint density at radius 2 is 1.75 bits per heavy atom. The smallest absolute Gasteiger partial charge is 0.295 e. The van der Waals surface area contributed by atoms with Gasteiger partial charge in [0.15, 0.2) is 0 Å². The number of aliphatic hydroxyl groups is 1. The molecule has 0 bridgehead atoms. The molecular formula is C30H39NO5. The van der Waals surface area contributed by atoms with Gasteiger partial charge in [-0.1, -0.05) is 53.2 Å². The Bertz CT molecular complexity index is 1130. The van der Waals surface area contributed by atoms with Crippen molar-refractivity contribution in [3.8, 4) is 11.5 Å². The van der Waals surface area contributed by atoms with Gasteiger partial charge in [0.2, 0.25) is 0 Å². The third kappa shape index (κ3) is 5.75. The van der Waals surface area contributed by atoms with E-state index in [4.69, 9.17) is 9.47 Å². The molecule has 1 aliphatic rings. The number of benzene rings is 2. The van der Waals surface area contributed by atoms with Gasteiger partial charge in [0.1, 0.15) is 17.3 Å². The van der Waals surface area contributed by atoms with E-state index in [0.717, 1.165) is 36.1 Å². The Balaban J connectivity index is 2.18. The summed E-state index contributed by atoms with van der Waals surface area (Å²) in [6.45, 7) is 13.7. The molecular weight excluding hydrogens is 454 g/mol. The van der Waals surface area contributed by atoms with E-state index in [-0.39, 0.29) is 16.7 Å². The lowest BCUT2D eigenvalue weighted by atomic mass is 9.84. The molecule has 1 heterocycles. The molecule has 0 aliphatic carbocycles. The van der Waals surface area contributed by atoms with Gasteiger partial charge >= 0.3 is 0 Å². The van der Waals surface area contributed by atoms with Gasteiger partial charge in [-0.05, 0) is 61.1 Å². The number of carbonyl (C=O) groups excluding carboxylic acids is 2. The molecule has 0 aromatic heterocycles. The Hall–Kier alpha value is -3.28. The second-order valence-corrected chi connectivity index (χ2v) is 10.2. The molecule has 6 nitrogen and oxygen atoms in total. The average molecular weight is 494 g/mol. The molecule has 36 heavy (non-hydrogen) atoms. The summed E-state index contributed by atoms with van der Waals surface area (Å²) in [4.78, 5) is 28.0. The highest BCUT2D eigenvalue weighted by Gasteiger charge is 2.46. The second kappa shape index (κ2) is 11.6. The summed E-state index contributed by atoms with van der Waals surface area (Å²) in [5, 5.41) is 11.5. The molecule has 2 aromatic rings. The number of aliphatic hydroxyl groups excluding tert-OH is 1. The lowest BCUT2D eigenvalue weighted by Crippen LogP contribution is -2.30. The van der Waals surface area contributed by atoms with Crippen molar-refractivity contribution in [2.45, 2.75) is 72.3 Å². The molecule has 1 N–H and O–H groups in total. The highest BCUT2D eigenvalue weighted by Crippen LogP contribution is 2.41. The minimum absolute atomic E-state index is 0.104. The van der Waals surface area contributed by atoms with Crippen LogP contribution in [0.25, 0.3) is 5.76 Å². The molecule has 194 valence electrons. The summed E-state index contributed by atoms with van der Waals surface area (Å²) in [7, 11) is 0. The monoisotopic (exact) mass is 493 g/mol. The minimum atomic E-state index is -0.689. The number of rotatable bonds is 10. The first kappa shape index (κ1) is 27.3. The van der Waals surface area contributed by atoms with Gasteiger partial charge in [0.25, 0.3) is 11.7 Å². The van der Waals surface area contributed by atoms with Crippen molar-refractivity contribution >= 4 is 17.4 Å².